The molecular weight excluding hydrogens is 333 g/mol. The second-order valence-corrected chi connectivity index (χ2v) is 6.94. The van der Waals surface area contributed by atoms with E-state index in [9.17, 15) is 13.2 Å². The lowest BCUT2D eigenvalue weighted by Gasteiger charge is -2.04. The molecule has 0 spiro atoms. The number of aryl methyl sites for hydroxylation is 1. The molecule has 2 heterocycles. The largest absolute Gasteiger partial charge is 0.416 e. The number of hydrogen-bond donors (Lipinski definition) is 1. The van der Waals surface area contributed by atoms with Crippen LogP contribution in [0.25, 0.3) is 21.1 Å². The Hall–Kier alpha value is -2.34. The normalized spacial score (nSPS) is 12.3. The van der Waals surface area contributed by atoms with Gasteiger partial charge >= 0.3 is 6.18 Å². The molecule has 0 radical (unpaired) electrons. The number of alkyl halides is 3. The van der Waals surface area contributed by atoms with Crippen molar-refractivity contribution in [3.8, 4) is 0 Å². The van der Waals surface area contributed by atoms with E-state index in [1.807, 2.05) is 25.3 Å². The van der Waals surface area contributed by atoms with Gasteiger partial charge in [0.25, 0.3) is 0 Å². The molecule has 0 aliphatic heterocycles. The fraction of sp³-hybridized carbons (Fsp3) is 0.167. The minimum atomic E-state index is -4.34. The van der Waals surface area contributed by atoms with Gasteiger partial charge in [-0.15, -0.1) is 11.3 Å². The first-order valence-electron chi connectivity index (χ1n) is 7.43. The zero-order valence-corrected chi connectivity index (χ0v) is 13.6. The summed E-state index contributed by atoms with van der Waals surface area (Å²) in [6, 6.07) is 9.91. The Labute approximate surface area is 140 Å². The molecule has 0 aliphatic rings. The number of thiazole rings is 1. The summed E-state index contributed by atoms with van der Waals surface area (Å²) in [5, 5.41) is 1.94. The number of fused-ring (bicyclic) bond motifs is 2. The van der Waals surface area contributed by atoms with Gasteiger partial charge < -0.3 is 4.98 Å². The summed E-state index contributed by atoms with van der Waals surface area (Å²) < 4.78 is 39.2. The molecule has 2 aromatic heterocycles. The van der Waals surface area contributed by atoms with Crippen LogP contribution in [-0.4, -0.2) is 9.97 Å². The van der Waals surface area contributed by atoms with Crippen LogP contribution in [0.2, 0.25) is 0 Å². The van der Waals surface area contributed by atoms with Gasteiger partial charge in [-0.05, 0) is 42.8 Å². The summed E-state index contributed by atoms with van der Waals surface area (Å²) in [7, 11) is 0. The molecule has 2 aromatic carbocycles. The highest BCUT2D eigenvalue weighted by molar-refractivity contribution is 7.18. The highest BCUT2D eigenvalue weighted by Crippen LogP contribution is 2.33. The van der Waals surface area contributed by atoms with E-state index in [-0.39, 0.29) is 0 Å². The standard InChI is InChI=1S/C18H13F3N2S/c1-10-2-4-14-13(6-10)11(9-22-14)7-17-23-15-8-12(18(19,20)21)3-5-16(15)24-17/h2-6,8-9,22H,7H2,1H3. The highest BCUT2D eigenvalue weighted by Gasteiger charge is 2.30. The van der Waals surface area contributed by atoms with Crippen LogP contribution >= 0.6 is 11.3 Å². The lowest BCUT2D eigenvalue weighted by atomic mass is 10.1. The Kier molecular flexibility index (Phi) is 3.38. The van der Waals surface area contributed by atoms with Gasteiger partial charge in [0.15, 0.2) is 0 Å². The molecule has 0 aliphatic carbocycles. The number of rotatable bonds is 2. The van der Waals surface area contributed by atoms with E-state index in [1.54, 1.807) is 0 Å². The van der Waals surface area contributed by atoms with Crippen molar-refractivity contribution in [2.24, 2.45) is 0 Å². The summed E-state index contributed by atoms with van der Waals surface area (Å²) in [4.78, 5) is 7.62. The Balaban J connectivity index is 1.72. The van der Waals surface area contributed by atoms with Crippen LogP contribution in [0.4, 0.5) is 13.2 Å². The zero-order valence-electron chi connectivity index (χ0n) is 12.7. The molecule has 1 N–H and O–H groups in total. The predicted octanol–water partition coefficient (Wildman–Crippen LogP) is 5.70. The Morgan fingerprint density at radius 2 is 1.96 bits per heavy atom. The third-order valence-electron chi connectivity index (χ3n) is 4.02. The molecule has 4 aromatic rings. The summed E-state index contributed by atoms with van der Waals surface area (Å²) in [6.45, 7) is 2.03. The second kappa shape index (κ2) is 5.34. The van der Waals surface area contributed by atoms with Gasteiger partial charge in [-0.2, -0.15) is 13.2 Å². The zero-order chi connectivity index (χ0) is 16.9. The topological polar surface area (TPSA) is 28.7 Å². The van der Waals surface area contributed by atoms with Crippen molar-refractivity contribution in [1.29, 1.82) is 0 Å². The van der Waals surface area contributed by atoms with E-state index in [1.165, 1.54) is 23.0 Å². The van der Waals surface area contributed by atoms with Gasteiger partial charge in [-0.25, -0.2) is 4.98 Å². The molecule has 0 unspecified atom stereocenters. The van der Waals surface area contributed by atoms with Gasteiger partial charge in [0.1, 0.15) is 0 Å². The monoisotopic (exact) mass is 346 g/mol. The van der Waals surface area contributed by atoms with Crippen LogP contribution in [0, 0.1) is 6.92 Å². The van der Waals surface area contributed by atoms with Crippen molar-refractivity contribution < 1.29 is 13.2 Å². The summed E-state index contributed by atoms with van der Waals surface area (Å²) in [6.07, 6.45) is -1.80. The molecule has 0 bridgehead atoms. The summed E-state index contributed by atoms with van der Waals surface area (Å²) in [5.74, 6) is 0. The first kappa shape index (κ1) is 15.2. The van der Waals surface area contributed by atoms with Crippen LogP contribution in [0.15, 0.2) is 42.6 Å². The van der Waals surface area contributed by atoms with Crippen LogP contribution in [0.5, 0.6) is 0 Å². The van der Waals surface area contributed by atoms with E-state index in [4.69, 9.17) is 0 Å². The van der Waals surface area contributed by atoms with Gasteiger partial charge in [0, 0.05) is 23.5 Å². The maximum Gasteiger partial charge on any atom is 0.416 e. The van der Waals surface area contributed by atoms with Gasteiger partial charge in [-0.1, -0.05) is 11.6 Å². The van der Waals surface area contributed by atoms with E-state index < -0.39 is 11.7 Å². The maximum absolute atomic E-state index is 12.8. The minimum Gasteiger partial charge on any atom is -0.361 e. The molecule has 0 amide bonds. The average molecular weight is 346 g/mol. The first-order valence-corrected chi connectivity index (χ1v) is 8.25. The molecule has 0 saturated heterocycles. The van der Waals surface area contributed by atoms with Gasteiger partial charge in [-0.3, -0.25) is 0 Å². The molecule has 0 fully saturated rings. The quantitative estimate of drug-likeness (QED) is 0.496. The second-order valence-electron chi connectivity index (χ2n) is 5.83. The van der Waals surface area contributed by atoms with E-state index in [0.29, 0.717) is 11.9 Å². The van der Waals surface area contributed by atoms with Crippen molar-refractivity contribution in [3.05, 3.63) is 64.3 Å². The molecule has 2 nitrogen and oxygen atoms in total. The lowest BCUT2D eigenvalue weighted by Crippen LogP contribution is -2.03. The number of nitrogens with one attached hydrogen (secondary N) is 1. The number of aromatic amines is 1. The minimum absolute atomic E-state index is 0.404. The summed E-state index contributed by atoms with van der Waals surface area (Å²) in [5.41, 5.74) is 3.07. The third-order valence-corrected chi connectivity index (χ3v) is 5.06. The number of hydrogen-bond acceptors (Lipinski definition) is 2. The highest BCUT2D eigenvalue weighted by atomic mass is 32.1. The summed E-state index contributed by atoms with van der Waals surface area (Å²) >= 11 is 1.44. The van der Waals surface area contributed by atoms with Gasteiger partial charge in [0.05, 0.1) is 20.8 Å². The van der Waals surface area contributed by atoms with Crippen molar-refractivity contribution in [2.45, 2.75) is 19.5 Å². The van der Waals surface area contributed by atoms with E-state index >= 15 is 0 Å². The Morgan fingerprint density at radius 1 is 1.12 bits per heavy atom. The number of benzene rings is 2. The van der Waals surface area contributed by atoms with Crippen molar-refractivity contribution in [3.63, 3.8) is 0 Å². The smallest absolute Gasteiger partial charge is 0.361 e. The van der Waals surface area contributed by atoms with Crippen molar-refractivity contribution in [1.82, 2.24) is 9.97 Å². The predicted molar refractivity (Wildman–Crippen MR) is 90.5 cm³/mol. The first-order chi connectivity index (χ1) is 11.4. The third kappa shape index (κ3) is 2.67. The van der Waals surface area contributed by atoms with Crippen molar-refractivity contribution in [2.75, 3.05) is 0 Å². The number of aromatic nitrogens is 2. The molecule has 0 saturated carbocycles. The molecule has 4 rings (SSSR count). The van der Waals surface area contributed by atoms with Crippen LogP contribution in [0.1, 0.15) is 21.7 Å². The maximum atomic E-state index is 12.8. The lowest BCUT2D eigenvalue weighted by molar-refractivity contribution is -0.137. The van der Waals surface area contributed by atoms with Gasteiger partial charge in [0.2, 0.25) is 0 Å². The van der Waals surface area contributed by atoms with Crippen LogP contribution in [0.3, 0.4) is 0 Å². The fourth-order valence-electron chi connectivity index (χ4n) is 2.83. The molecular formula is C18H13F3N2S. The number of H-pyrrole nitrogens is 1. The number of nitrogens with zero attached hydrogens (tertiary/aromatic N) is 1. The molecule has 24 heavy (non-hydrogen) atoms. The fourth-order valence-corrected chi connectivity index (χ4v) is 3.80. The number of halogens is 3. The molecule has 0 atom stereocenters. The van der Waals surface area contributed by atoms with Crippen molar-refractivity contribution >= 4 is 32.5 Å². The average Bonchev–Trinajstić information content (AvgIpc) is 3.09. The van der Waals surface area contributed by atoms with Crippen LogP contribution in [-0.2, 0) is 12.6 Å². The Morgan fingerprint density at radius 3 is 2.75 bits per heavy atom. The van der Waals surface area contributed by atoms with Crippen LogP contribution < -0.4 is 0 Å². The Bertz CT molecular complexity index is 1040. The SMILES string of the molecule is Cc1ccc2[nH]cc(Cc3nc4cc(C(F)(F)F)ccc4s3)c2c1. The van der Waals surface area contributed by atoms with E-state index in [0.717, 1.165) is 38.3 Å². The van der Waals surface area contributed by atoms with E-state index in [2.05, 4.69) is 16.0 Å². The molecule has 6 heteroatoms. The molecule has 122 valence electrons.